The van der Waals surface area contributed by atoms with Gasteiger partial charge in [-0.2, -0.15) is 0 Å². The van der Waals surface area contributed by atoms with Gasteiger partial charge in [0.25, 0.3) is 0 Å². The number of benzene rings is 1. The second kappa shape index (κ2) is 9.26. The van der Waals surface area contributed by atoms with Gasteiger partial charge in [0.05, 0.1) is 12.7 Å². The van der Waals surface area contributed by atoms with Gasteiger partial charge in [-0.3, -0.25) is 0 Å². The Kier molecular flexibility index (Phi) is 7.05. The van der Waals surface area contributed by atoms with Gasteiger partial charge in [-0.1, -0.05) is 29.4 Å². The van der Waals surface area contributed by atoms with Crippen molar-refractivity contribution in [3.8, 4) is 5.75 Å². The van der Waals surface area contributed by atoms with E-state index in [9.17, 15) is 4.79 Å². The van der Waals surface area contributed by atoms with Crippen LogP contribution in [0.4, 0.5) is 0 Å². The largest absolute Gasteiger partial charge is 0.496 e. The lowest BCUT2D eigenvalue weighted by molar-refractivity contribution is -0.133. The minimum atomic E-state index is -0.244. The number of methoxy groups -OCH3 is 1. The van der Waals surface area contributed by atoms with E-state index in [1.54, 1.807) is 7.11 Å². The van der Waals surface area contributed by atoms with Crippen molar-refractivity contribution >= 4 is 11.5 Å². The predicted molar refractivity (Wildman–Crippen MR) is 103 cm³/mol. The maximum absolute atomic E-state index is 11.8. The number of allylic oxidation sites excluding steroid dienone is 4. The standard InChI is InChI=1S/C22H28O3/c1-16(2)7-5-8-17(3)9-6-10-19-15-18(11-12-21(19)24-4)20-13-14-25-22(20)23/h7,9,11-13,15H,5-6,8,10,14H2,1-4H3/b17-9+. The Morgan fingerprint density at radius 2 is 2.00 bits per heavy atom. The number of ether oxygens (including phenoxy) is 2. The van der Waals surface area contributed by atoms with E-state index in [4.69, 9.17) is 9.47 Å². The van der Waals surface area contributed by atoms with E-state index in [1.807, 2.05) is 24.3 Å². The maximum atomic E-state index is 11.8. The van der Waals surface area contributed by atoms with Crippen LogP contribution < -0.4 is 4.74 Å². The Morgan fingerprint density at radius 1 is 1.20 bits per heavy atom. The van der Waals surface area contributed by atoms with Crippen molar-refractivity contribution in [2.45, 2.75) is 46.5 Å². The zero-order valence-corrected chi connectivity index (χ0v) is 15.7. The average molecular weight is 340 g/mol. The summed E-state index contributed by atoms with van der Waals surface area (Å²) in [6.07, 6.45) is 10.5. The van der Waals surface area contributed by atoms with Crippen LogP contribution >= 0.6 is 0 Å². The summed E-state index contributed by atoms with van der Waals surface area (Å²) >= 11 is 0. The van der Waals surface area contributed by atoms with Gasteiger partial charge in [0.2, 0.25) is 0 Å². The van der Waals surface area contributed by atoms with Crippen LogP contribution in [0, 0.1) is 0 Å². The number of carbonyl (C=O) groups excluding carboxylic acids is 1. The molecule has 0 atom stereocenters. The van der Waals surface area contributed by atoms with Gasteiger partial charge < -0.3 is 9.47 Å². The van der Waals surface area contributed by atoms with Crippen LogP contribution in [0.1, 0.15) is 51.2 Å². The number of esters is 1. The highest BCUT2D eigenvalue weighted by atomic mass is 16.5. The summed E-state index contributed by atoms with van der Waals surface area (Å²) in [7, 11) is 1.68. The minimum Gasteiger partial charge on any atom is -0.496 e. The lowest BCUT2D eigenvalue weighted by atomic mass is 9.99. The molecule has 0 bridgehead atoms. The smallest absolute Gasteiger partial charge is 0.338 e. The quantitative estimate of drug-likeness (QED) is 0.478. The highest BCUT2D eigenvalue weighted by Gasteiger charge is 2.19. The third-order valence-corrected chi connectivity index (χ3v) is 4.31. The monoisotopic (exact) mass is 340 g/mol. The molecule has 0 radical (unpaired) electrons. The van der Waals surface area contributed by atoms with Crippen molar-refractivity contribution in [2.24, 2.45) is 0 Å². The van der Waals surface area contributed by atoms with Gasteiger partial charge >= 0.3 is 5.97 Å². The molecular formula is C22H28O3. The highest BCUT2D eigenvalue weighted by molar-refractivity contribution is 6.18. The summed E-state index contributed by atoms with van der Waals surface area (Å²) in [6.45, 7) is 6.82. The van der Waals surface area contributed by atoms with E-state index in [2.05, 4.69) is 32.9 Å². The lowest BCUT2D eigenvalue weighted by Crippen LogP contribution is -2.00. The van der Waals surface area contributed by atoms with E-state index < -0.39 is 0 Å². The molecule has 3 nitrogen and oxygen atoms in total. The maximum Gasteiger partial charge on any atom is 0.338 e. The van der Waals surface area contributed by atoms with Crippen molar-refractivity contribution in [3.05, 3.63) is 58.7 Å². The number of rotatable bonds is 8. The van der Waals surface area contributed by atoms with Crippen molar-refractivity contribution in [1.82, 2.24) is 0 Å². The van der Waals surface area contributed by atoms with E-state index in [1.165, 1.54) is 11.1 Å². The van der Waals surface area contributed by atoms with Gasteiger partial charge in [0.1, 0.15) is 12.4 Å². The first-order chi connectivity index (χ1) is 12.0. The molecule has 0 aromatic heterocycles. The van der Waals surface area contributed by atoms with Gasteiger partial charge in [-0.15, -0.1) is 0 Å². The summed E-state index contributed by atoms with van der Waals surface area (Å²) in [5, 5.41) is 0. The van der Waals surface area contributed by atoms with Crippen LogP contribution in [0.2, 0.25) is 0 Å². The molecule has 1 heterocycles. The average Bonchev–Trinajstić information content (AvgIpc) is 3.00. The van der Waals surface area contributed by atoms with Crippen LogP contribution in [0.5, 0.6) is 5.75 Å². The summed E-state index contributed by atoms with van der Waals surface area (Å²) in [4.78, 5) is 11.8. The number of aryl methyl sites for hydroxylation is 1. The molecule has 0 N–H and O–H groups in total. The second-order valence-corrected chi connectivity index (χ2v) is 6.65. The molecule has 1 aromatic carbocycles. The van der Waals surface area contributed by atoms with Crippen LogP contribution in [0.3, 0.4) is 0 Å². The summed E-state index contributed by atoms with van der Waals surface area (Å²) in [5.74, 6) is 0.623. The zero-order valence-electron chi connectivity index (χ0n) is 15.7. The summed E-state index contributed by atoms with van der Waals surface area (Å²) in [5.41, 5.74) is 5.46. The normalized spacial score (nSPS) is 14.2. The Balaban J connectivity index is 2.02. The Labute approximate surface area is 151 Å². The molecule has 25 heavy (non-hydrogen) atoms. The molecule has 1 aliphatic rings. The molecule has 0 unspecified atom stereocenters. The van der Waals surface area contributed by atoms with E-state index in [0.29, 0.717) is 12.2 Å². The molecule has 0 saturated carbocycles. The van der Waals surface area contributed by atoms with Gasteiger partial charge in [-0.05, 0) is 75.8 Å². The van der Waals surface area contributed by atoms with Gasteiger partial charge in [0, 0.05) is 0 Å². The molecule has 0 spiro atoms. The molecule has 134 valence electrons. The fourth-order valence-electron chi connectivity index (χ4n) is 2.90. The Hall–Kier alpha value is -2.29. The summed E-state index contributed by atoms with van der Waals surface area (Å²) in [6, 6.07) is 5.90. The summed E-state index contributed by atoms with van der Waals surface area (Å²) < 4.78 is 10.5. The SMILES string of the molecule is COc1ccc(C2=CCOC2=O)cc1CC/C=C(\C)CCC=C(C)C. The molecule has 2 rings (SSSR count). The third kappa shape index (κ3) is 5.63. The molecule has 3 heteroatoms. The molecule has 0 saturated heterocycles. The Morgan fingerprint density at radius 3 is 2.64 bits per heavy atom. The van der Waals surface area contributed by atoms with Crippen LogP contribution in [0.15, 0.2) is 47.6 Å². The Bertz CT molecular complexity index is 704. The fourth-order valence-corrected chi connectivity index (χ4v) is 2.90. The first-order valence-corrected chi connectivity index (χ1v) is 8.85. The lowest BCUT2D eigenvalue weighted by Gasteiger charge is -2.10. The first kappa shape index (κ1) is 19.0. The second-order valence-electron chi connectivity index (χ2n) is 6.65. The molecule has 1 aromatic rings. The highest BCUT2D eigenvalue weighted by Crippen LogP contribution is 2.27. The molecule has 1 aliphatic heterocycles. The molecule has 0 aliphatic carbocycles. The predicted octanol–water partition coefficient (Wildman–Crippen LogP) is 5.26. The zero-order chi connectivity index (χ0) is 18.2. The van der Waals surface area contributed by atoms with Crippen molar-refractivity contribution in [3.63, 3.8) is 0 Å². The number of carbonyl (C=O) groups is 1. The van der Waals surface area contributed by atoms with Crippen molar-refractivity contribution in [2.75, 3.05) is 13.7 Å². The number of cyclic esters (lactones) is 1. The van der Waals surface area contributed by atoms with E-state index in [0.717, 1.165) is 42.6 Å². The number of hydrogen-bond donors (Lipinski definition) is 0. The van der Waals surface area contributed by atoms with Crippen LogP contribution in [-0.4, -0.2) is 19.7 Å². The van der Waals surface area contributed by atoms with Gasteiger partial charge in [-0.25, -0.2) is 4.79 Å². The first-order valence-electron chi connectivity index (χ1n) is 8.85. The van der Waals surface area contributed by atoms with Gasteiger partial charge in [0.15, 0.2) is 0 Å². The molecule has 0 amide bonds. The molecule has 0 fully saturated rings. The van der Waals surface area contributed by atoms with Crippen molar-refractivity contribution in [1.29, 1.82) is 0 Å². The topological polar surface area (TPSA) is 35.5 Å². The van der Waals surface area contributed by atoms with Crippen LogP contribution in [-0.2, 0) is 16.0 Å². The van der Waals surface area contributed by atoms with Crippen LogP contribution in [0.25, 0.3) is 5.57 Å². The minimum absolute atomic E-state index is 0.244. The van der Waals surface area contributed by atoms with E-state index in [-0.39, 0.29) is 5.97 Å². The van der Waals surface area contributed by atoms with Crippen molar-refractivity contribution < 1.29 is 14.3 Å². The fraction of sp³-hybridized carbons (Fsp3) is 0.409. The number of hydrogen-bond acceptors (Lipinski definition) is 3. The van der Waals surface area contributed by atoms with E-state index >= 15 is 0 Å². The third-order valence-electron chi connectivity index (χ3n) is 4.31. The molecular weight excluding hydrogens is 312 g/mol.